The SMILES string of the molecule is CCC(OC(=O)Nc1nc2ccccc2[nH]1)C(N)=O. The summed E-state index contributed by atoms with van der Waals surface area (Å²) in [6.07, 6.45) is -1.39. The Morgan fingerprint density at radius 3 is 2.84 bits per heavy atom. The standard InChI is InChI=1S/C12H14N4O3/c1-2-9(10(13)17)19-12(18)16-11-14-7-5-3-4-6-8(7)15-11/h3-6,9H,2H2,1H3,(H2,13,17)(H2,14,15,16,18). The zero-order chi connectivity index (χ0) is 13.8. The summed E-state index contributed by atoms with van der Waals surface area (Å²) < 4.78 is 4.88. The monoisotopic (exact) mass is 262 g/mol. The molecule has 7 nitrogen and oxygen atoms in total. The number of anilines is 1. The lowest BCUT2D eigenvalue weighted by molar-refractivity contribution is -0.126. The number of fused-ring (bicyclic) bond motifs is 1. The van der Waals surface area contributed by atoms with Crippen LogP contribution in [-0.4, -0.2) is 28.1 Å². The Kier molecular flexibility index (Phi) is 3.65. The Labute approximate surface area is 109 Å². The third-order valence-corrected chi connectivity index (χ3v) is 2.55. The van der Waals surface area contributed by atoms with Crippen molar-refractivity contribution in [1.29, 1.82) is 0 Å². The number of aromatic nitrogens is 2. The fourth-order valence-electron chi connectivity index (χ4n) is 1.61. The molecule has 0 radical (unpaired) electrons. The summed E-state index contributed by atoms with van der Waals surface area (Å²) in [5, 5.41) is 2.42. The highest BCUT2D eigenvalue weighted by Crippen LogP contribution is 2.13. The van der Waals surface area contributed by atoms with Crippen molar-refractivity contribution >= 4 is 29.0 Å². The maximum Gasteiger partial charge on any atom is 0.414 e. The molecule has 0 fully saturated rings. The average Bonchev–Trinajstić information content (AvgIpc) is 2.77. The fraction of sp³-hybridized carbons (Fsp3) is 0.250. The molecule has 19 heavy (non-hydrogen) atoms. The lowest BCUT2D eigenvalue weighted by Crippen LogP contribution is -2.34. The van der Waals surface area contributed by atoms with Crippen LogP contribution in [0.5, 0.6) is 0 Å². The molecule has 1 aromatic heterocycles. The number of amides is 2. The van der Waals surface area contributed by atoms with Gasteiger partial charge in [0.05, 0.1) is 11.0 Å². The molecule has 0 saturated carbocycles. The van der Waals surface area contributed by atoms with E-state index in [1.807, 2.05) is 18.2 Å². The van der Waals surface area contributed by atoms with E-state index < -0.39 is 18.1 Å². The Bertz CT molecular complexity index is 575. The number of hydrogen-bond acceptors (Lipinski definition) is 4. The Morgan fingerprint density at radius 2 is 2.21 bits per heavy atom. The predicted octanol–water partition coefficient (Wildman–Crippen LogP) is 1.38. The molecule has 1 aromatic carbocycles. The second-order valence-corrected chi connectivity index (χ2v) is 3.93. The number of rotatable bonds is 4. The number of para-hydroxylation sites is 2. The Balaban J connectivity index is 2.04. The van der Waals surface area contributed by atoms with E-state index >= 15 is 0 Å². The van der Waals surface area contributed by atoms with Gasteiger partial charge < -0.3 is 15.5 Å². The van der Waals surface area contributed by atoms with E-state index in [0.717, 1.165) is 11.0 Å². The van der Waals surface area contributed by atoms with E-state index in [-0.39, 0.29) is 5.95 Å². The zero-order valence-electron chi connectivity index (χ0n) is 10.3. The van der Waals surface area contributed by atoms with E-state index in [1.165, 1.54) is 0 Å². The molecule has 1 atom stereocenters. The smallest absolute Gasteiger partial charge is 0.414 e. The number of carbonyl (C=O) groups is 2. The van der Waals surface area contributed by atoms with Crippen molar-refractivity contribution in [3.05, 3.63) is 24.3 Å². The maximum absolute atomic E-state index is 11.6. The molecule has 2 rings (SSSR count). The van der Waals surface area contributed by atoms with Crippen LogP contribution in [0.25, 0.3) is 11.0 Å². The van der Waals surface area contributed by atoms with Gasteiger partial charge in [-0.2, -0.15) is 0 Å². The zero-order valence-corrected chi connectivity index (χ0v) is 10.3. The van der Waals surface area contributed by atoms with Gasteiger partial charge in [0.1, 0.15) is 0 Å². The third kappa shape index (κ3) is 3.01. The number of hydrogen-bond donors (Lipinski definition) is 3. The van der Waals surface area contributed by atoms with Crippen molar-refractivity contribution in [3.63, 3.8) is 0 Å². The van der Waals surface area contributed by atoms with Gasteiger partial charge in [-0.1, -0.05) is 19.1 Å². The largest absolute Gasteiger partial charge is 0.436 e. The maximum atomic E-state index is 11.6. The molecule has 0 bridgehead atoms. The van der Waals surface area contributed by atoms with Crippen LogP contribution >= 0.6 is 0 Å². The van der Waals surface area contributed by atoms with Gasteiger partial charge in [-0.15, -0.1) is 0 Å². The molecule has 4 N–H and O–H groups in total. The van der Waals surface area contributed by atoms with Gasteiger partial charge in [-0.3, -0.25) is 10.1 Å². The number of nitrogens with one attached hydrogen (secondary N) is 2. The van der Waals surface area contributed by atoms with Gasteiger partial charge in [0, 0.05) is 0 Å². The van der Waals surface area contributed by atoms with Crippen LogP contribution in [0.1, 0.15) is 13.3 Å². The van der Waals surface area contributed by atoms with Gasteiger partial charge in [-0.25, -0.2) is 9.78 Å². The van der Waals surface area contributed by atoms with Crippen molar-refractivity contribution < 1.29 is 14.3 Å². The molecule has 2 aromatic rings. The first-order valence-electron chi connectivity index (χ1n) is 5.82. The van der Waals surface area contributed by atoms with Gasteiger partial charge in [0.2, 0.25) is 5.95 Å². The summed E-state index contributed by atoms with van der Waals surface area (Å²) in [5.74, 6) is -0.423. The number of benzene rings is 1. The highest BCUT2D eigenvalue weighted by atomic mass is 16.6. The highest BCUT2D eigenvalue weighted by molar-refractivity contribution is 5.88. The number of carbonyl (C=O) groups excluding carboxylic acids is 2. The van der Waals surface area contributed by atoms with Crippen molar-refractivity contribution in [2.45, 2.75) is 19.4 Å². The Hall–Kier alpha value is -2.57. The van der Waals surface area contributed by atoms with Gasteiger partial charge in [-0.05, 0) is 18.6 Å². The number of H-pyrrole nitrogens is 1. The molecule has 0 aliphatic carbocycles. The molecule has 1 heterocycles. The van der Waals surface area contributed by atoms with Crippen LogP contribution in [-0.2, 0) is 9.53 Å². The molecule has 2 amide bonds. The summed E-state index contributed by atoms with van der Waals surface area (Å²) in [6.45, 7) is 1.70. The molecule has 1 unspecified atom stereocenters. The number of ether oxygens (including phenoxy) is 1. The number of nitrogens with two attached hydrogens (primary N) is 1. The molecule has 0 aliphatic rings. The lowest BCUT2D eigenvalue weighted by atomic mass is 10.3. The summed E-state index contributed by atoms with van der Waals surface area (Å²) >= 11 is 0. The van der Waals surface area contributed by atoms with Crippen molar-refractivity contribution in [2.75, 3.05) is 5.32 Å². The van der Waals surface area contributed by atoms with Crippen LogP contribution < -0.4 is 11.1 Å². The molecule has 100 valence electrons. The van der Waals surface area contributed by atoms with E-state index in [0.29, 0.717) is 6.42 Å². The van der Waals surface area contributed by atoms with Crippen LogP contribution in [0.4, 0.5) is 10.7 Å². The number of primary amides is 1. The minimum atomic E-state index is -0.940. The number of aromatic amines is 1. The first-order valence-corrected chi connectivity index (χ1v) is 5.82. The average molecular weight is 262 g/mol. The summed E-state index contributed by atoms with van der Waals surface area (Å²) in [5.41, 5.74) is 6.60. The van der Waals surface area contributed by atoms with Crippen molar-refractivity contribution in [2.24, 2.45) is 5.73 Å². The molecule has 0 spiro atoms. The van der Waals surface area contributed by atoms with Crippen LogP contribution in [0.2, 0.25) is 0 Å². The van der Waals surface area contributed by atoms with E-state index in [2.05, 4.69) is 15.3 Å². The van der Waals surface area contributed by atoms with E-state index in [9.17, 15) is 9.59 Å². The Morgan fingerprint density at radius 1 is 1.47 bits per heavy atom. The van der Waals surface area contributed by atoms with Crippen LogP contribution in [0.3, 0.4) is 0 Å². The number of nitrogens with zero attached hydrogens (tertiary/aromatic N) is 1. The van der Waals surface area contributed by atoms with E-state index in [4.69, 9.17) is 10.5 Å². The summed E-state index contributed by atoms with van der Waals surface area (Å²) in [6, 6.07) is 7.33. The third-order valence-electron chi connectivity index (χ3n) is 2.55. The minimum Gasteiger partial charge on any atom is -0.436 e. The summed E-state index contributed by atoms with van der Waals surface area (Å²) in [4.78, 5) is 29.6. The molecular weight excluding hydrogens is 248 g/mol. The quantitative estimate of drug-likeness (QED) is 0.772. The molecular formula is C12H14N4O3. The molecule has 0 aliphatic heterocycles. The van der Waals surface area contributed by atoms with Gasteiger partial charge in [0.25, 0.3) is 5.91 Å². The first-order chi connectivity index (χ1) is 9.10. The fourth-order valence-corrected chi connectivity index (χ4v) is 1.61. The highest BCUT2D eigenvalue weighted by Gasteiger charge is 2.18. The van der Waals surface area contributed by atoms with Crippen LogP contribution in [0.15, 0.2) is 24.3 Å². The second-order valence-electron chi connectivity index (χ2n) is 3.93. The predicted molar refractivity (Wildman–Crippen MR) is 69.5 cm³/mol. The normalized spacial score (nSPS) is 12.1. The molecule has 0 saturated heterocycles. The first kappa shape index (κ1) is 12.9. The second kappa shape index (κ2) is 5.38. The van der Waals surface area contributed by atoms with Crippen molar-refractivity contribution in [3.8, 4) is 0 Å². The summed E-state index contributed by atoms with van der Waals surface area (Å²) in [7, 11) is 0. The van der Waals surface area contributed by atoms with Gasteiger partial charge in [0.15, 0.2) is 6.10 Å². The van der Waals surface area contributed by atoms with Crippen LogP contribution in [0, 0.1) is 0 Å². The lowest BCUT2D eigenvalue weighted by Gasteiger charge is -2.11. The van der Waals surface area contributed by atoms with Crippen molar-refractivity contribution in [1.82, 2.24) is 9.97 Å². The van der Waals surface area contributed by atoms with E-state index in [1.54, 1.807) is 13.0 Å². The minimum absolute atomic E-state index is 0.255. The number of imidazole rings is 1. The molecule has 7 heteroatoms. The topological polar surface area (TPSA) is 110 Å². The van der Waals surface area contributed by atoms with Gasteiger partial charge >= 0.3 is 6.09 Å².